The zero-order valence-corrected chi connectivity index (χ0v) is 24.2. The molecular formula is C30H34ClN7O4. The van der Waals surface area contributed by atoms with E-state index < -0.39 is 23.8 Å². The van der Waals surface area contributed by atoms with Crippen molar-refractivity contribution < 1.29 is 19.2 Å². The van der Waals surface area contributed by atoms with Crippen molar-refractivity contribution in [2.24, 2.45) is 11.3 Å². The van der Waals surface area contributed by atoms with E-state index in [0.29, 0.717) is 27.5 Å². The molecular weight excluding hydrogens is 558 g/mol. The topological polar surface area (TPSA) is 119 Å². The third-order valence-electron chi connectivity index (χ3n) is 9.78. The van der Waals surface area contributed by atoms with Crippen LogP contribution in [0.25, 0.3) is 0 Å². The second-order valence-corrected chi connectivity index (χ2v) is 12.9. The van der Waals surface area contributed by atoms with Gasteiger partial charge >= 0.3 is 0 Å². The summed E-state index contributed by atoms with van der Waals surface area (Å²) < 4.78 is 0. The monoisotopic (exact) mass is 591 g/mol. The van der Waals surface area contributed by atoms with Gasteiger partial charge in [-0.3, -0.25) is 29.4 Å². The standard InChI is InChI=1S/C30H34ClN7O4/c31-20-14-32-29(33-15-20)36-9-5-19(6-10-36)16-35-11-7-30(8-12-35)17-37(18-30)21-1-2-22-23(13-21)28(42)38(27(22)41)24-3-4-25(39)34-26(24)40/h1-2,13-15,19,24H,3-12,16-18H2,(H,34,39,40). The Hall–Kier alpha value is -3.57. The van der Waals surface area contributed by atoms with Crippen molar-refractivity contribution in [1.82, 2.24) is 25.1 Å². The molecule has 12 heteroatoms. The summed E-state index contributed by atoms with van der Waals surface area (Å²) in [6.45, 7) is 7.17. The van der Waals surface area contributed by atoms with Gasteiger partial charge in [0.2, 0.25) is 17.8 Å². The first-order valence-electron chi connectivity index (χ1n) is 14.8. The van der Waals surface area contributed by atoms with Gasteiger partial charge in [-0.15, -0.1) is 0 Å². The fraction of sp³-hybridized carbons (Fsp3) is 0.533. The van der Waals surface area contributed by atoms with Crippen LogP contribution in [0.2, 0.25) is 5.02 Å². The SMILES string of the molecule is O=C1CCC(N2C(=O)c3ccc(N4CC5(CCN(CC6CCN(c7ncc(Cl)cn7)CC6)CC5)C4)cc3C2=O)C(=O)N1. The van der Waals surface area contributed by atoms with Crippen LogP contribution in [0.15, 0.2) is 30.6 Å². The lowest BCUT2D eigenvalue weighted by Gasteiger charge is -2.55. The predicted octanol–water partition coefficient (Wildman–Crippen LogP) is 2.35. The van der Waals surface area contributed by atoms with E-state index in [1.54, 1.807) is 24.5 Å². The Kier molecular flexibility index (Phi) is 6.89. The number of halogens is 1. The van der Waals surface area contributed by atoms with Crippen LogP contribution in [0, 0.1) is 11.3 Å². The summed E-state index contributed by atoms with van der Waals surface area (Å²) in [5.41, 5.74) is 1.89. The zero-order chi connectivity index (χ0) is 29.0. The predicted molar refractivity (Wildman–Crippen MR) is 155 cm³/mol. The largest absolute Gasteiger partial charge is 0.370 e. The van der Waals surface area contributed by atoms with Gasteiger partial charge in [-0.25, -0.2) is 9.97 Å². The lowest BCUT2D eigenvalue weighted by Crippen LogP contribution is -2.60. The smallest absolute Gasteiger partial charge is 0.262 e. The lowest BCUT2D eigenvalue weighted by atomic mass is 9.71. The Morgan fingerprint density at radius 3 is 2.26 bits per heavy atom. The molecule has 5 aliphatic heterocycles. The summed E-state index contributed by atoms with van der Waals surface area (Å²) in [5, 5.41) is 2.80. The molecule has 1 spiro atoms. The van der Waals surface area contributed by atoms with E-state index in [9.17, 15) is 19.2 Å². The maximum Gasteiger partial charge on any atom is 0.262 e. The molecule has 11 nitrogen and oxygen atoms in total. The highest BCUT2D eigenvalue weighted by Gasteiger charge is 2.47. The van der Waals surface area contributed by atoms with E-state index in [1.165, 1.54) is 0 Å². The molecule has 1 atom stereocenters. The molecule has 1 aromatic heterocycles. The number of likely N-dealkylation sites (tertiary alicyclic amines) is 1. The van der Waals surface area contributed by atoms with Crippen LogP contribution >= 0.6 is 11.6 Å². The quantitative estimate of drug-likeness (QED) is 0.523. The van der Waals surface area contributed by atoms with Crippen molar-refractivity contribution in [2.45, 2.75) is 44.6 Å². The van der Waals surface area contributed by atoms with Crippen molar-refractivity contribution >= 4 is 46.9 Å². The number of nitrogens with one attached hydrogen (secondary N) is 1. The van der Waals surface area contributed by atoms with E-state index in [2.05, 4.69) is 30.0 Å². The number of hydrogen-bond donors (Lipinski definition) is 1. The molecule has 1 N–H and O–H groups in total. The Labute approximate surface area is 249 Å². The normalized spacial score (nSPS) is 24.7. The van der Waals surface area contributed by atoms with Crippen LogP contribution in [0.3, 0.4) is 0 Å². The maximum absolute atomic E-state index is 13.2. The van der Waals surface area contributed by atoms with Crippen molar-refractivity contribution in [3.8, 4) is 0 Å². The van der Waals surface area contributed by atoms with Crippen molar-refractivity contribution in [1.29, 1.82) is 0 Å². The second kappa shape index (κ2) is 10.6. The number of aromatic nitrogens is 2. The third-order valence-corrected chi connectivity index (χ3v) is 9.97. The number of rotatable bonds is 5. The molecule has 6 heterocycles. The number of imide groups is 2. The minimum atomic E-state index is -0.943. The van der Waals surface area contributed by atoms with Gasteiger partial charge in [-0.1, -0.05) is 11.6 Å². The average Bonchev–Trinajstić information content (AvgIpc) is 3.22. The van der Waals surface area contributed by atoms with Gasteiger partial charge < -0.3 is 14.7 Å². The molecule has 1 unspecified atom stereocenters. The Morgan fingerprint density at radius 1 is 0.881 bits per heavy atom. The minimum Gasteiger partial charge on any atom is -0.370 e. The first kappa shape index (κ1) is 27.3. The molecule has 220 valence electrons. The number of amides is 4. The lowest BCUT2D eigenvalue weighted by molar-refractivity contribution is -0.136. The Bertz CT molecular complexity index is 1430. The number of piperidine rings is 3. The Morgan fingerprint density at radius 2 is 1.57 bits per heavy atom. The van der Waals surface area contributed by atoms with Gasteiger partial charge in [0.25, 0.3) is 11.8 Å². The van der Waals surface area contributed by atoms with Crippen molar-refractivity contribution in [2.75, 3.05) is 55.6 Å². The van der Waals surface area contributed by atoms with E-state index in [4.69, 9.17) is 11.6 Å². The number of hydrogen-bond acceptors (Lipinski definition) is 9. The fourth-order valence-corrected chi connectivity index (χ4v) is 7.37. The van der Waals surface area contributed by atoms with Crippen molar-refractivity contribution in [3.63, 3.8) is 0 Å². The minimum absolute atomic E-state index is 0.112. The molecule has 42 heavy (non-hydrogen) atoms. The molecule has 0 aliphatic carbocycles. The highest BCUT2D eigenvalue weighted by Crippen LogP contribution is 2.44. The van der Waals surface area contributed by atoms with Gasteiger partial charge in [0, 0.05) is 50.2 Å². The molecule has 4 amide bonds. The zero-order valence-electron chi connectivity index (χ0n) is 23.4. The number of anilines is 2. The van der Waals surface area contributed by atoms with Gasteiger partial charge in [-0.2, -0.15) is 0 Å². The van der Waals surface area contributed by atoms with E-state index in [-0.39, 0.29) is 18.7 Å². The van der Waals surface area contributed by atoms with Crippen LogP contribution in [0.1, 0.15) is 59.2 Å². The molecule has 1 aromatic carbocycles. The van der Waals surface area contributed by atoms with Gasteiger partial charge in [0.05, 0.1) is 28.5 Å². The molecule has 7 rings (SSSR count). The number of benzene rings is 1. The molecule has 0 radical (unpaired) electrons. The van der Waals surface area contributed by atoms with Crippen LogP contribution in [-0.4, -0.2) is 95.3 Å². The fourth-order valence-electron chi connectivity index (χ4n) is 7.28. The first-order chi connectivity index (χ1) is 20.3. The summed E-state index contributed by atoms with van der Waals surface area (Å²) in [5.74, 6) is -0.437. The van der Waals surface area contributed by atoms with Crippen molar-refractivity contribution in [3.05, 3.63) is 46.7 Å². The average molecular weight is 592 g/mol. The van der Waals surface area contributed by atoms with Gasteiger partial charge in [0.1, 0.15) is 6.04 Å². The molecule has 2 aromatic rings. The first-order valence-corrected chi connectivity index (χ1v) is 15.2. The van der Waals surface area contributed by atoms with E-state index >= 15 is 0 Å². The van der Waals surface area contributed by atoms with Crippen LogP contribution in [-0.2, 0) is 9.59 Å². The van der Waals surface area contributed by atoms with E-state index in [0.717, 1.165) is 88.0 Å². The summed E-state index contributed by atoms with van der Waals surface area (Å²) in [6, 6.07) is 4.46. The number of carbonyl (C=O) groups excluding carboxylic acids is 4. The Balaban J connectivity index is 0.904. The number of carbonyl (C=O) groups is 4. The van der Waals surface area contributed by atoms with E-state index in [1.807, 2.05) is 6.07 Å². The van der Waals surface area contributed by atoms with Crippen LogP contribution < -0.4 is 15.1 Å². The summed E-state index contributed by atoms with van der Waals surface area (Å²) in [6.07, 6.45) is 8.18. The molecule has 5 aliphatic rings. The maximum atomic E-state index is 13.2. The second-order valence-electron chi connectivity index (χ2n) is 12.5. The highest BCUT2D eigenvalue weighted by molar-refractivity contribution is 6.30. The van der Waals surface area contributed by atoms with Crippen LogP contribution in [0.4, 0.5) is 11.6 Å². The van der Waals surface area contributed by atoms with Gasteiger partial charge in [-0.05, 0) is 69.3 Å². The van der Waals surface area contributed by atoms with Crippen LogP contribution in [0.5, 0.6) is 0 Å². The number of fused-ring (bicyclic) bond motifs is 1. The molecule has 0 saturated carbocycles. The summed E-state index contributed by atoms with van der Waals surface area (Å²) >= 11 is 5.93. The third kappa shape index (κ3) is 4.92. The number of nitrogens with zero attached hydrogens (tertiary/aromatic N) is 6. The van der Waals surface area contributed by atoms with Gasteiger partial charge in [0.15, 0.2) is 0 Å². The molecule has 4 fully saturated rings. The summed E-state index contributed by atoms with van der Waals surface area (Å²) in [4.78, 5) is 67.0. The highest BCUT2D eigenvalue weighted by atomic mass is 35.5. The molecule has 0 bridgehead atoms. The molecule has 4 saturated heterocycles. The summed E-state index contributed by atoms with van der Waals surface area (Å²) in [7, 11) is 0.